The van der Waals surface area contributed by atoms with E-state index in [0.29, 0.717) is 13.2 Å². The molecule has 4 heteroatoms. The van der Waals surface area contributed by atoms with E-state index in [-0.39, 0.29) is 5.91 Å². The molecular formula is C21H33NO3. The third kappa shape index (κ3) is 4.97. The Balaban J connectivity index is 2.19. The number of anilines is 1. The highest BCUT2D eigenvalue weighted by molar-refractivity contribution is 5.97. The standard InChI is InChI=1S/C21H33NO3/c1-5-13-25-21(11-9-7-8-10-12-21)20(23)22-18-14-16(3)19(24-6-2)17(4)15-18/h14-15H,5-13H2,1-4H3,(H,22,23). The molecule has 1 aliphatic carbocycles. The molecule has 1 aromatic rings. The summed E-state index contributed by atoms with van der Waals surface area (Å²) in [5.41, 5.74) is 2.24. The molecule has 0 heterocycles. The number of rotatable bonds is 7. The number of aryl methyl sites for hydroxylation is 2. The van der Waals surface area contributed by atoms with Crippen LogP contribution < -0.4 is 10.1 Å². The molecule has 1 amide bonds. The summed E-state index contributed by atoms with van der Waals surface area (Å²) in [5.74, 6) is 0.915. The SMILES string of the molecule is CCCOC1(C(=O)Nc2cc(C)c(OCC)c(C)c2)CCCCCC1. The lowest BCUT2D eigenvalue weighted by molar-refractivity contribution is -0.143. The highest BCUT2D eigenvalue weighted by Gasteiger charge is 2.39. The summed E-state index contributed by atoms with van der Waals surface area (Å²) in [7, 11) is 0. The second kappa shape index (κ2) is 9.23. The van der Waals surface area contributed by atoms with Gasteiger partial charge in [-0.15, -0.1) is 0 Å². The van der Waals surface area contributed by atoms with E-state index in [0.717, 1.165) is 54.7 Å². The van der Waals surface area contributed by atoms with Crippen molar-refractivity contribution in [1.82, 2.24) is 0 Å². The summed E-state index contributed by atoms with van der Waals surface area (Å²) in [4.78, 5) is 13.1. The number of carbonyl (C=O) groups excluding carboxylic acids is 1. The monoisotopic (exact) mass is 347 g/mol. The second-order valence-corrected chi connectivity index (χ2v) is 7.08. The van der Waals surface area contributed by atoms with Gasteiger partial charge in [0, 0.05) is 12.3 Å². The van der Waals surface area contributed by atoms with E-state index >= 15 is 0 Å². The van der Waals surface area contributed by atoms with Crippen molar-refractivity contribution in [1.29, 1.82) is 0 Å². The molecule has 1 aliphatic rings. The lowest BCUT2D eigenvalue weighted by Gasteiger charge is -2.31. The maximum atomic E-state index is 13.1. The van der Waals surface area contributed by atoms with Crippen molar-refractivity contribution in [3.05, 3.63) is 23.3 Å². The zero-order valence-corrected chi connectivity index (χ0v) is 16.2. The number of ether oxygens (including phenoxy) is 2. The fraction of sp³-hybridized carbons (Fsp3) is 0.667. The molecule has 0 unspecified atom stereocenters. The fourth-order valence-electron chi connectivity index (χ4n) is 3.67. The zero-order valence-electron chi connectivity index (χ0n) is 16.2. The summed E-state index contributed by atoms with van der Waals surface area (Å²) in [5, 5.41) is 3.12. The maximum Gasteiger partial charge on any atom is 0.256 e. The molecule has 0 radical (unpaired) electrons. The molecule has 25 heavy (non-hydrogen) atoms. The number of carbonyl (C=O) groups is 1. The zero-order chi connectivity index (χ0) is 18.3. The Hall–Kier alpha value is -1.55. The summed E-state index contributed by atoms with van der Waals surface area (Å²) >= 11 is 0. The molecule has 2 rings (SSSR count). The van der Waals surface area contributed by atoms with Crippen molar-refractivity contribution in [3.63, 3.8) is 0 Å². The Kier molecular flexibility index (Phi) is 7.30. The van der Waals surface area contributed by atoms with Crippen LogP contribution in [0.3, 0.4) is 0 Å². The molecule has 0 aliphatic heterocycles. The molecule has 4 nitrogen and oxygen atoms in total. The van der Waals surface area contributed by atoms with Gasteiger partial charge in [0.1, 0.15) is 11.4 Å². The van der Waals surface area contributed by atoms with Gasteiger partial charge in [0.2, 0.25) is 0 Å². The summed E-state index contributed by atoms with van der Waals surface area (Å²) in [6.45, 7) is 9.37. The average Bonchev–Trinajstić information content (AvgIpc) is 2.83. The first-order valence-electron chi connectivity index (χ1n) is 9.72. The van der Waals surface area contributed by atoms with E-state index in [1.807, 2.05) is 32.9 Å². The van der Waals surface area contributed by atoms with Gasteiger partial charge in [-0.25, -0.2) is 0 Å². The van der Waals surface area contributed by atoms with Crippen LogP contribution in [0, 0.1) is 13.8 Å². The lowest BCUT2D eigenvalue weighted by atomic mass is 9.92. The van der Waals surface area contributed by atoms with Crippen molar-refractivity contribution in [2.24, 2.45) is 0 Å². The third-order valence-corrected chi connectivity index (χ3v) is 4.91. The van der Waals surface area contributed by atoms with E-state index in [4.69, 9.17) is 9.47 Å². The van der Waals surface area contributed by atoms with Crippen LogP contribution in [0.15, 0.2) is 12.1 Å². The van der Waals surface area contributed by atoms with Crippen molar-refractivity contribution < 1.29 is 14.3 Å². The first-order valence-corrected chi connectivity index (χ1v) is 9.72. The number of hydrogen-bond donors (Lipinski definition) is 1. The lowest BCUT2D eigenvalue weighted by Crippen LogP contribution is -2.45. The van der Waals surface area contributed by atoms with E-state index in [9.17, 15) is 4.79 Å². The molecule has 0 saturated heterocycles. The summed E-state index contributed by atoms with van der Waals surface area (Å²) in [6, 6.07) is 3.97. The molecule has 0 bridgehead atoms. The number of amides is 1. The van der Waals surface area contributed by atoms with Gasteiger partial charge in [-0.2, -0.15) is 0 Å². The maximum absolute atomic E-state index is 13.1. The van der Waals surface area contributed by atoms with Gasteiger partial charge in [-0.1, -0.05) is 32.6 Å². The second-order valence-electron chi connectivity index (χ2n) is 7.08. The van der Waals surface area contributed by atoms with Crippen LogP contribution in [-0.4, -0.2) is 24.7 Å². The topological polar surface area (TPSA) is 47.6 Å². The molecule has 1 aromatic carbocycles. The minimum absolute atomic E-state index is 0.00538. The third-order valence-electron chi connectivity index (χ3n) is 4.91. The highest BCUT2D eigenvalue weighted by atomic mass is 16.5. The number of hydrogen-bond acceptors (Lipinski definition) is 3. The van der Waals surface area contributed by atoms with E-state index in [2.05, 4.69) is 12.2 Å². The van der Waals surface area contributed by atoms with E-state index < -0.39 is 5.60 Å². The van der Waals surface area contributed by atoms with Gasteiger partial charge >= 0.3 is 0 Å². The van der Waals surface area contributed by atoms with Crippen molar-refractivity contribution in [2.75, 3.05) is 18.5 Å². The molecule has 0 spiro atoms. The molecule has 1 N–H and O–H groups in total. The van der Waals surface area contributed by atoms with Gasteiger partial charge in [-0.05, 0) is 63.3 Å². The van der Waals surface area contributed by atoms with Crippen LogP contribution in [0.4, 0.5) is 5.69 Å². The Morgan fingerprint density at radius 2 is 1.68 bits per heavy atom. The summed E-state index contributed by atoms with van der Waals surface area (Å²) in [6.07, 6.45) is 7.03. The largest absolute Gasteiger partial charge is 0.493 e. The van der Waals surface area contributed by atoms with Crippen molar-refractivity contribution >= 4 is 11.6 Å². The normalized spacial score (nSPS) is 17.0. The highest BCUT2D eigenvalue weighted by Crippen LogP contribution is 2.33. The molecule has 0 atom stereocenters. The van der Waals surface area contributed by atoms with Crippen LogP contribution in [0.5, 0.6) is 5.75 Å². The molecular weight excluding hydrogens is 314 g/mol. The first-order chi connectivity index (χ1) is 12.0. The van der Waals surface area contributed by atoms with Crippen LogP contribution >= 0.6 is 0 Å². The number of benzene rings is 1. The van der Waals surface area contributed by atoms with Crippen LogP contribution in [0.1, 0.15) is 69.9 Å². The van der Waals surface area contributed by atoms with Crippen LogP contribution in [0.2, 0.25) is 0 Å². The van der Waals surface area contributed by atoms with Gasteiger partial charge in [-0.3, -0.25) is 4.79 Å². The van der Waals surface area contributed by atoms with Gasteiger partial charge in [0.15, 0.2) is 0 Å². The smallest absolute Gasteiger partial charge is 0.256 e. The Labute approximate surface area is 152 Å². The Bertz CT molecular complexity index is 551. The molecule has 1 saturated carbocycles. The predicted molar refractivity (Wildman–Crippen MR) is 102 cm³/mol. The minimum Gasteiger partial charge on any atom is -0.493 e. The first kappa shape index (κ1) is 19.8. The summed E-state index contributed by atoms with van der Waals surface area (Å²) < 4.78 is 11.8. The van der Waals surface area contributed by atoms with Crippen molar-refractivity contribution in [3.8, 4) is 5.75 Å². The predicted octanol–water partition coefficient (Wildman–Crippen LogP) is 5.16. The van der Waals surface area contributed by atoms with Crippen LogP contribution in [-0.2, 0) is 9.53 Å². The quantitative estimate of drug-likeness (QED) is 0.693. The average molecular weight is 347 g/mol. The van der Waals surface area contributed by atoms with E-state index in [1.165, 1.54) is 12.8 Å². The number of nitrogens with one attached hydrogen (secondary N) is 1. The molecule has 0 aromatic heterocycles. The van der Waals surface area contributed by atoms with Crippen LogP contribution in [0.25, 0.3) is 0 Å². The minimum atomic E-state index is -0.674. The Morgan fingerprint density at radius 3 is 2.20 bits per heavy atom. The van der Waals surface area contributed by atoms with Gasteiger partial charge in [0.05, 0.1) is 6.61 Å². The van der Waals surface area contributed by atoms with E-state index in [1.54, 1.807) is 0 Å². The van der Waals surface area contributed by atoms with Crippen molar-refractivity contribution in [2.45, 2.75) is 78.2 Å². The van der Waals surface area contributed by atoms with Gasteiger partial charge in [0.25, 0.3) is 5.91 Å². The fourth-order valence-corrected chi connectivity index (χ4v) is 3.67. The van der Waals surface area contributed by atoms with Gasteiger partial charge < -0.3 is 14.8 Å². The Morgan fingerprint density at radius 1 is 1.08 bits per heavy atom. The molecule has 1 fully saturated rings. The molecule has 140 valence electrons.